The third-order valence-corrected chi connectivity index (χ3v) is 4.43. The average Bonchev–Trinajstić information content (AvgIpc) is 3.25. The van der Waals surface area contributed by atoms with Crippen LogP contribution in [0.1, 0.15) is 22.5 Å². The second kappa shape index (κ2) is 8.42. The Labute approximate surface area is 160 Å². The minimum absolute atomic E-state index is 0.0179. The molecule has 1 aliphatic rings. The van der Waals surface area contributed by atoms with Crippen LogP contribution in [0.15, 0.2) is 36.5 Å². The summed E-state index contributed by atoms with van der Waals surface area (Å²) < 4.78 is 33.7. The number of carbonyl (C=O) groups is 2. The summed E-state index contributed by atoms with van der Waals surface area (Å²) in [7, 11) is 1.33. The van der Waals surface area contributed by atoms with Gasteiger partial charge in [-0.1, -0.05) is 35.5 Å². The Morgan fingerprint density at radius 3 is 2.79 bits per heavy atom. The first-order chi connectivity index (χ1) is 13.4. The highest BCUT2D eigenvalue weighted by molar-refractivity contribution is 5.91. The van der Waals surface area contributed by atoms with E-state index in [4.69, 9.17) is 4.74 Å². The summed E-state index contributed by atoms with van der Waals surface area (Å²) in [5.74, 6) is -3.89. The number of alkyl halides is 2. The van der Waals surface area contributed by atoms with Crippen molar-refractivity contribution in [1.29, 1.82) is 0 Å². The standard InChI is InChI=1S/C18H21F2N5O3/c1-28-11-16(26)25-12-18(19,20)7-14(25)9-24-10-15(22-23-24)17(27)21-8-13-5-3-2-4-6-13/h2-6,10,14H,7-9,11-12H2,1H3,(H,21,27)/t14-/m0/s1. The zero-order valence-corrected chi connectivity index (χ0v) is 15.3. The smallest absolute Gasteiger partial charge is 0.273 e. The van der Waals surface area contributed by atoms with Gasteiger partial charge in [0, 0.05) is 20.1 Å². The molecule has 0 bridgehead atoms. The molecule has 0 unspecified atom stereocenters. The van der Waals surface area contributed by atoms with Crippen LogP contribution in [0.3, 0.4) is 0 Å². The van der Waals surface area contributed by atoms with Crippen molar-refractivity contribution in [3.05, 3.63) is 47.8 Å². The normalized spacial score (nSPS) is 18.2. The third-order valence-electron chi connectivity index (χ3n) is 4.43. The van der Waals surface area contributed by atoms with Gasteiger partial charge in [0.1, 0.15) is 6.61 Å². The zero-order chi connectivity index (χ0) is 20.1. The molecule has 1 aliphatic heterocycles. The largest absolute Gasteiger partial charge is 0.375 e. The Morgan fingerprint density at radius 1 is 1.32 bits per heavy atom. The predicted molar refractivity (Wildman–Crippen MR) is 94.6 cm³/mol. The van der Waals surface area contributed by atoms with Crippen molar-refractivity contribution >= 4 is 11.8 Å². The molecule has 10 heteroatoms. The first-order valence-corrected chi connectivity index (χ1v) is 8.76. The summed E-state index contributed by atoms with van der Waals surface area (Å²) in [5, 5.41) is 10.4. The Hall–Kier alpha value is -2.88. The lowest BCUT2D eigenvalue weighted by Gasteiger charge is -2.23. The van der Waals surface area contributed by atoms with E-state index in [1.165, 1.54) is 18.0 Å². The van der Waals surface area contributed by atoms with Crippen LogP contribution in [0, 0.1) is 0 Å². The van der Waals surface area contributed by atoms with Gasteiger partial charge in [-0.15, -0.1) is 5.10 Å². The first kappa shape index (κ1) is 19.9. The number of hydrogen-bond acceptors (Lipinski definition) is 5. The number of aromatic nitrogens is 3. The average molecular weight is 393 g/mol. The van der Waals surface area contributed by atoms with Gasteiger partial charge in [0.15, 0.2) is 5.69 Å². The Bertz CT molecular complexity index is 828. The van der Waals surface area contributed by atoms with E-state index in [1.807, 2.05) is 30.3 Å². The highest BCUT2D eigenvalue weighted by Gasteiger charge is 2.47. The highest BCUT2D eigenvalue weighted by Crippen LogP contribution is 2.32. The maximum Gasteiger partial charge on any atom is 0.273 e. The van der Waals surface area contributed by atoms with Gasteiger partial charge in [-0.2, -0.15) is 0 Å². The molecule has 0 spiro atoms. The van der Waals surface area contributed by atoms with Gasteiger partial charge in [-0.05, 0) is 5.56 Å². The minimum Gasteiger partial charge on any atom is -0.375 e. The molecule has 2 heterocycles. The molecule has 1 saturated heterocycles. The van der Waals surface area contributed by atoms with Crippen molar-refractivity contribution in [1.82, 2.24) is 25.2 Å². The number of likely N-dealkylation sites (tertiary alicyclic amines) is 1. The van der Waals surface area contributed by atoms with Crippen LogP contribution in [0.2, 0.25) is 0 Å². The molecule has 1 aromatic carbocycles. The van der Waals surface area contributed by atoms with E-state index >= 15 is 0 Å². The molecule has 0 aliphatic carbocycles. The number of carbonyl (C=O) groups excluding carboxylic acids is 2. The first-order valence-electron chi connectivity index (χ1n) is 8.76. The lowest BCUT2D eigenvalue weighted by Crippen LogP contribution is -2.40. The number of ether oxygens (including phenoxy) is 1. The summed E-state index contributed by atoms with van der Waals surface area (Å²) in [6, 6.07) is 8.62. The van der Waals surface area contributed by atoms with Crippen molar-refractivity contribution in [2.24, 2.45) is 0 Å². The number of nitrogens with zero attached hydrogens (tertiary/aromatic N) is 4. The van der Waals surface area contributed by atoms with Crippen molar-refractivity contribution < 1.29 is 23.1 Å². The van der Waals surface area contributed by atoms with E-state index in [1.54, 1.807) is 0 Å². The van der Waals surface area contributed by atoms with E-state index in [9.17, 15) is 18.4 Å². The molecule has 0 radical (unpaired) electrons. The number of hydrogen-bond donors (Lipinski definition) is 1. The van der Waals surface area contributed by atoms with Gasteiger partial charge in [-0.3, -0.25) is 9.59 Å². The number of benzene rings is 1. The van der Waals surface area contributed by atoms with Crippen LogP contribution in [0.5, 0.6) is 0 Å². The van der Waals surface area contributed by atoms with E-state index in [2.05, 4.69) is 15.6 Å². The van der Waals surface area contributed by atoms with Crippen LogP contribution < -0.4 is 5.32 Å². The third kappa shape index (κ3) is 4.89. The lowest BCUT2D eigenvalue weighted by molar-refractivity contribution is -0.137. The highest BCUT2D eigenvalue weighted by atomic mass is 19.3. The van der Waals surface area contributed by atoms with Gasteiger partial charge in [0.05, 0.1) is 25.3 Å². The SMILES string of the molecule is COCC(=O)N1CC(F)(F)C[C@H]1Cn1cc(C(=O)NCc2ccccc2)nn1. The molecule has 2 amide bonds. The fourth-order valence-electron chi connectivity index (χ4n) is 3.14. The van der Waals surface area contributed by atoms with Gasteiger partial charge < -0.3 is 15.0 Å². The summed E-state index contributed by atoms with van der Waals surface area (Å²) in [4.78, 5) is 25.3. The molecule has 1 fully saturated rings. The van der Waals surface area contributed by atoms with E-state index < -0.39 is 36.7 Å². The van der Waals surface area contributed by atoms with Crippen LogP contribution in [0.4, 0.5) is 8.78 Å². The maximum absolute atomic E-state index is 13.8. The summed E-state index contributed by atoms with van der Waals surface area (Å²) >= 11 is 0. The molecule has 28 heavy (non-hydrogen) atoms. The summed E-state index contributed by atoms with van der Waals surface area (Å²) in [5.41, 5.74) is 1.01. The van der Waals surface area contributed by atoms with Gasteiger partial charge in [-0.25, -0.2) is 13.5 Å². The van der Waals surface area contributed by atoms with Crippen LogP contribution in [-0.4, -0.2) is 63.9 Å². The number of rotatable bonds is 7. The van der Waals surface area contributed by atoms with E-state index in [0.717, 1.165) is 10.5 Å². The molecule has 1 atom stereocenters. The molecule has 1 N–H and O–H groups in total. The lowest BCUT2D eigenvalue weighted by atomic mass is 10.2. The number of halogens is 2. The summed E-state index contributed by atoms with van der Waals surface area (Å²) in [6.07, 6.45) is 0.910. The molecule has 2 aromatic rings. The Balaban J connectivity index is 1.61. The van der Waals surface area contributed by atoms with E-state index in [0.29, 0.717) is 6.54 Å². The second-order valence-electron chi connectivity index (χ2n) is 6.66. The van der Waals surface area contributed by atoms with Gasteiger partial charge in [0.2, 0.25) is 5.91 Å². The molecular formula is C18H21F2N5O3. The monoisotopic (exact) mass is 393 g/mol. The van der Waals surface area contributed by atoms with Crippen molar-refractivity contribution in [3.8, 4) is 0 Å². The second-order valence-corrected chi connectivity index (χ2v) is 6.66. The van der Waals surface area contributed by atoms with Gasteiger partial charge in [0.25, 0.3) is 11.8 Å². The van der Waals surface area contributed by atoms with Crippen molar-refractivity contribution in [3.63, 3.8) is 0 Å². The maximum atomic E-state index is 13.8. The van der Waals surface area contributed by atoms with Crippen LogP contribution >= 0.6 is 0 Å². The molecule has 1 aromatic heterocycles. The quantitative estimate of drug-likeness (QED) is 0.761. The Kier molecular flexibility index (Phi) is 5.98. The topological polar surface area (TPSA) is 89.4 Å². The number of amides is 2. The molecule has 8 nitrogen and oxygen atoms in total. The molecule has 150 valence electrons. The number of methoxy groups -OCH3 is 1. The minimum atomic E-state index is -2.97. The fourth-order valence-corrected chi connectivity index (χ4v) is 3.14. The Morgan fingerprint density at radius 2 is 2.07 bits per heavy atom. The van der Waals surface area contributed by atoms with Crippen LogP contribution in [0.25, 0.3) is 0 Å². The zero-order valence-electron chi connectivity index (χ0n) is 15.3. The number of nitrogens with one attached hydrogen (secondary N) is 1. The fraction of sp³-hybridized carbons (Fsp3) is 0.444. The molecule has 3 rings (SSSR count). The van der Waals surface area contributed by atoms with Crippen LogP contribution in [-0.2, 0) is 22.6 Å². The molecule has 0 saturated carbocycles. The summed E-state index contributed by atoms with van der Waals surface area (Å²) in [6.45, 7) is -0.569. The van der Waals surface area contributed by atoms with Gasteiger partial charge >= 0.3 is 0 Å². The van der Waals surface area contributed by atoms with Crippen molar-refractivity contribution in [2.45, 2.75) is 31.5 Å². The molecular weight excluding hydrogens is 372 g/mol. The predicted octanol–water partition coefficient (Wildman–Crippen LogP) is 1.09. The van der Waals surface area contributed by atoms with Crippen molar-refractivity contribution in [2.75, 3.05) is 20.3 Å². The van der Waals surface area contributed by atoms with E-state index in [-0.39, 0.29) is 18.8 Å².